The molecule has 0 aliphatic heterocycles. The second kappa shape index (κ2) is 11.6. The molecule has 1 saturated carbocycles. The van der Waals surface area contributed by atoms with E-state index in [0.29, 0.717) is 33.1 Å². The van der Waals surface area contributed by atoms with Crippen LogP contribution in [0.5, 0.6) is 0 Å². The van der Waals surface area contributed by atoms with Crippen LogP contribution in [0.3, 0.4) is 0 Å². The van der Waals surface area contributed by atoms with Gasteiger partial charge in [-0.3, -0.25) is 0 Å². The largest absolute Gasteiger partial charge is 0.461 e. The van der Waals surface area contributed by atoms with E-state index >= 15 is 4.39 Å². The van der Waals surface area contributed by atoms with Gasteiger partial charge < -0.3 is 4.74 Å². The fourth-order valence-electron chi connectivity index (χ4n) is 5.06. The van der Waals surface area contributed by atoms with Crippen molar-refractivity contribution in [2.24, 2.45) is 5.14 Å². The van der Waals surface area contributed by atoms with Crippen molar-refractivity contribution in [1.82, 2.24) is 14.8 Å². The van der Waals surface area contributed by atoms with Gasteiger partial charge in [0.05, 0.1) is 18.0 Å². The van der Waals surface area contributed by atoms with Gasteiger partial charge in [-0.1, -0.05) is 18.2 Å². The Kier molecular flexibility index (Phi) is 7.86. The number of nitrogens with two attached hydrogens (primary N) is 1. The van der Waals surface area contributed by atoms with Crippen molar-refractivity contribution < 1.29 is 31.1 Å². The van der Waals surface area contributed by atoms with Crippen molar-refractivity contribution in [2.75, 3.05) is 6.61 Å². The fraction of sp³-hybridized carbons (Fsp3) is 0.194. The number of thiazole rings is 1. The number of nitrogens with zero attached hydrogens (tertiary/aromatic N) is 3. The van der Waals surface area contributed by atoms with Gasteiger partial charge in [0.25, 0.3) is 0 Å². The molecule has 226 valence electrons. The van der Waals surface area contributed by atoms with Gasteiger partial charge in [0.15, 0.2) is 5.69 Å². The molecule has 13 heteroatoms. The van der Waals surface area contributed by atoms with Crippen molar-refractivity contribution in [1.29, 1.82) is 0 Å². The van der Waals surface area contributed by atoms with Crippen molar-refractivity contribution in [3.05, 3.63) is 106 Å². The molecule has 2 aromatic heterocycles. The fourth-order valence-corrected chi connectivity index (χ4v) is 6.41. The van der Waals surface area contributed by atoms with Gasteiger partial charge in [-0.25, -0.2) is 41.2 Å². The summed E-state index contributed by atoms with van der Waals surface area (Å²) in [6.45, 7) is 1.89. The Hall–Kier alpha value is -4.33. The van der Waals surface area contributed by atoms with Crippen molar-refractivity contribution in [2.45, 2.75) is 37.0 Å². The molecule has 0 atom stereocenters. The van der Waals surface area contributed by atoms with Gasteiger partial charge in [-0.2, -0.15) is 5.10 Å². The van der Waals surface area contributed by atoms with Crippen LogP contribution in [0.4, 0.5) is 13.2 Å². The Bertz CT molecular complexity index is 2000. The highest BCUT2D eigenvalue weighted by atomic mass is 32.2. The Labute approximate surface area is 255 Å². The maximum atomic E-state index is 15.1. The number of benzene rings is 3. The minimum Gasteiger partial charge on any atom is -0.461 e. The molecule has 5 aromatic rings. The number of halogens is 3. The van der Waals surface area contributed by atoms with Gasteiger partial charge in [0.1, 0.15) is 22.3 Å². The molecule has 44 heavy (non-hydrogen) atoms. The number of primary sulfonamides is 1. The molecule has 3 aromatic carbocycles. The Morgan fingerprint density at radius 2 is 1.75 bits per heavy atom. The lowest BCUT2D eigenvalue weighted by molar-refractivity contribution is 0.0520. The monoisotopic (exact) mass is 638 g/mol. The number of carbonyl (C=O) groups is 1. The van der Waals surface area contributed by atoms with Crippen LogP contribution < -0.4 is 5.14 Å². The lowest BCUT2D eigenvalue weighted by atomic mass is 9.95. The number of esters is 1. The predicted molar refractivity (Wildman–Crippen MR) is 159 cm³/mol. The normalized spacial score (nSPS) is 13.3. The number of hydrogen-bond donors (Lipinski definition) is 1. The average Bonchev–Trinajstić information content (AvgIpc) is 3.57. The van der Waals surface area contributed by atoms with Crippen LogP contribution in [0.1, 0.15) is 53.0 Å². The van der Waals surface area contributed by atoms with Crippen LogP contribution in [-0.4, -0.2) is 35.8 Å². The van der Waals surface area contributed by atoms with E-state index in [1.165, 1.54) is 47.7 Å². The van der Waals surface area contributed by atoms with Crippen molar-refractivity contribution >= 4 is 27.3 Å². The Morgan fingerprint density at radius 1 is 1.02 bits per heavy atom. The number of ether oxygens (including phenoxy) is 1. The minimum atomic E-state index is -4.26. The topological polar surface area (TPSA) is 117 Å². The molecule has 0 saturated heterocycles. The van der Waals surface area contributed by atoms with Crippen molar-refractivity contribution in [3.8, 4) is 27.5 Å². The third-order valence-electron chi connectivity index (χ3n) is 7.22. The first-order valence-electron chi connectivity index (χ1n) is 13.7. The highest BCUT2D eigenvalue weighted by Gasteiger charge is 2.34. The minimum absolute atomic E-state index is 0.0896. The molecule has 0 bridgehead atoms. The summed E-state index contributed by atoms with van der Waals surface area (Å²) < 4.78 is 73.9. The summed E-state index contributed by atoms with van der Waals surface area (Å²) in [6, 6.07) is 13.7. The zero-order chi connectivity index (χ0) is 31.2. The van der Waals surface area contributed by atoms with E-state index in [9.17, 15) is 22.0 Å². The first-order valence-corrected chi connectivity index (χ1v) is 16.1. The van der Waals surface area contributed by atoms with E-state index < -0.39 is 38.3 Å². The quantitative estimate of drug-likeness (QED) is 0.188. The summed E-state index contributed by atoms with van der Waals surface area (Å²) >= 11 is 1.20. The molecule has 1 aliphatic rings. The number of aromatic nitrogens is 3. The van der Waals surface area contributed by atoms with Crippen LogP contribution >= 0.6 is 11.3 Å². The second-order valence-electron chi connectivity index (χ2n) is 10.3. The van der Waals surface area contributed by atoms with E-state index in [1.807, 2.05) is 0 Å². The van der Waals surface area contributed by atoms with Gasteiger partial charge in [0, 0.05) is 34.4 Å². The van der Waals surface area contributed by atoms with Crippen LogP contribution in [0.25, 0.3) is 27.5 Å². The maximum Gasteiger partial charge on any atom is 0.357 e. The molecule has 0 radical (unpaired) electrons. The van der Waals surface area contributed by atoms with Gasteiger partial charge >= 0.3 is 5.97 Å². The molecule has 6 rings (SSSR count). The van der Waals surface area contributed by atoms with E-state index in [1.54, 1.807) is 29.1 Å². The molecule has 2 N–H and O–H groups in total. The smallest absolute Gasteiger partial charge is 0.357 e. The molecule has 1 fully saturated rings. The summed E-state index contributed by atoms with van der Waals surface area (Å²) in [5, 5.41) is 12.1. The SMILES string of the molecule is CCOC(=O)c1csc(-n2nc(-c3ccc(F)c(-c4ccc(F)cc4)c3)c(Cc3ccc(S(N)(=O)=O)c(F)c3)c2C2CC2)n1. The zero-order valence-electron chi connectivity index (χ0n) is 23.3. The third kappa shape index (κ3) is 5.90. The van der Waals surface area contributed by atoms with Crippen LogP contribution in [-0.2, 0) is 21.2 Å². The molecular weight excluding hydrogens is 613 g/mol. The van der Waals surface area contributed by atoms with E-state index in [0.717, 1.165) is 30.7 Å². The Balaban J connectivity index is 1.52. The number of hydrogen-bond acceptors (Lipinski definition) is 7. The average molecular weight is 639 g/mol. The summed E-state index contributed by atoms with van der Waals surface area (Å²) in [6.07, 6.45) is 1.87. The summed E-state index contributed by atoms with van der Waals surface area (Å²) in [5.74, 6) is -2.42. The van der Waals surface area contributed by atoms with Crippen LogP contribution in [0, 0.1) is 17.5 Å². The number of rotatable bonds is 9. The van der Waals surface area contributed by atoms with E-state index in [2.05, 4.69) is 4.98 Å². The summed E-state index contributed by atoms with van der Waals surface area (Å²) in [5.41, 5.74) is 3.82. The molecule has 8 nitrogen and oxygen atoms in total. The molecule has 2 heterocycles. The lowest BCUT2D eigenvalue weighted by Gasteiger charge is -2.10. The second-order valence-corrected chi connectivity index (χ2v) is 12.7. The number of carbonyl (C=O) groups excluding carboxylic acids is 1. The highest BCUT2D eigenvalue weighted by Crippen LogP contribution is 2.46. The van der Waals surface area contributed by atoms with Gasteiger partial charge in [-0.15, -0.1) is 11.3 Å². The van der Waals surface area contributed by atoms with E-state index in [4.69, 9.17) is 15.0 Å². The maximum absolute atomic E-state index is 15.1. The number of sulfonamides is 1. The van der Waals surface area contributed by atoms with E-state index in [-0.39, 0.29) is 30.2 Å². The zero-order valence-corrected chi connectivity index (χ0v) is 24.9. The summed E-state index contributed by atoms with van der Waals surface area (Å²) in [4.78, 5) is 16.2. The standard InChI is InChI=1S/C31H25F3N4O4S2/c1-2-42-30(39)26-16-43-31(36-26)38-29(19-4-5-19)23(13-17-3-12-27(25(34)14-17)44(35,40)41)28(37-38)20-8-11-24(33)22(15-20)18-6-9-21(32)10-7-18/h3,6-12,14-16,19H,2,4-5,13H2,1H3,(H2,35,40,41). The van der Waals surface area contributed by atoms with Gasteiger partial charge in [-0.05, 0) is 73.4 Å². The third-order valence-corrected chi connectivity index (χ3v) is 8.98. The van der Waals surface area contributed by atoms with Crippen LogP contribution in [0.15, 0.2) is 70.9 Å². The first-order chi connectivity index (χ1) is 21.0. The Morgan fingerprint density at radius 3 is 2.41 bits per heavy atom. The highest BCUT2D eigenvalue weighted by molar-refractivity contribution is 7.89. The van der Waals surface area contributed by atoms with Crippen LogP contribution in [0.2, 0.25) is 0 Å². The predicted octanol–water partition coefficient (Wildman–Crippen LogP) is 6.37. The first kappa shape index (κ1) is 29.7. The molecule has 0 unspecified atom stereocenters. The van der Waals surface area contributed by atoms with Gasteiger partial charge in [0.2, 0.25) is 15.2 Å². The summed E-state index contributed by atoms with van der Waals surface area (Å²) in [7, 11) is -4.26. The van der Waals surface area contributed by atoms with Crippen molar-refractivity contribution in [3.63, 3.8) is 0 Å². The molecular formula is C31H25F3N4O4S2. The molecule has 0 amide bonds. The lowest BCUT2D eigenvalue weighted by Crippen LogP contribution is -2.14. The molecule has 0 spiro atoms. The molecule has 1 aliphatic carbocycles.